The van der Waals surface area contributed by atoms with E-state index in [1.807, 2.05) is 42.5 Å². The van der Waals surface area contributed by atoms with Gasteiger partial charge in [-0.05, 0) is 41.5 Å². The number of hydrogen-bond acceptors (Lipinski definition) is 9. The SMILES string of the molecule is C[C@@H]1[C@H](CN2CCN(c3ncccn3)CC2)O[C@H](c2ccc(N3C(=O)c4ccccc4C3=O)cc2)O[C@@H]1c1ccc(CO)cc1. The minimum absolute atomic E-state index is 0.0187. The van der Waals surface area contributed by atoms with Gasteiger partial charge in [0.1, 0.15) is 0 Å². The maximum Gasteiger partial charge on any atom is 0.266 e. The van der Waals surface area contributed by atoms with Crippen molar-refractivity contribution in [3.05, 3.63) is 119 Å². The molecule has 45 heavy (non-hydrogen) atoms. The number of carbonyl (C=O) groups excluding carboxylic acids is 2. The molecule has 4 heterocycles. The highest BCUT2D eigenvalue weighted by Crippen LogP contribution is 2.42. The van der Waals surface area contributed by atoms with Gasteiger partial charge in [-0.25, -0.2) is 14.9 Å². The summed E-state index contributed by atoms with van der Waals surface area (Å²) in [5.41, 5.74) is 3.99. The van der Waals surface area contributed by atoms with Gasteiger partial charge in [-0.1, -0.05) is 55.5 Å². The molecule has 2 amide bonds. The second-order valence-corrected chi connectivity index (χ2v) is 11.7. The molecule has 2 fully saturated rings. The smallest absolute Gasteiger partial charge is 0.266 e. The molecule has 230 valence electrons. The third-order valence-corrected chi connectivity index (χ3v) is 8.99. The van der Waals surface area contributed by atoms with E-state index < -0.39 is 6.29 Å². The van der Waals surface area contributed by atoms with Crippen LogP contribution in [0.15, 0.2) is 91.3 Å². The highest BCUT2D eigenvalue weighted by atomic mass is 16.7. The zero-order chi connectivity index (χ0) is 30.9. The molecule has 0 saturated carbocycles. The van der Waals surface area contributed by atoms with Crippen LogP contribution in [-0.4, -0.2) is 70.6 Å². The van der Waals surface area contributed by atoms with Gasteiger partial charge >= 0.3 is 0 Å². The van der Waals surface area contributed by atoms with Crippen molar-refractivity contribution >= 4 is 23.5 Å². The Morgan fingerprint density at radius 2 is 1.40 bits per heavy atom. The first-order valence-corrected chi connectivity index (χ1v) is 15.3. The van der Waals surface area contributed by atoms with Crippen LogP contribution in [0.4, 0.5) is 11.6 Å². The molecule has 0 radical (unpaired) electrons. The topological polar surface area (TPSA) is 108 Å². The fourth-order valence-electron chi connectivity index (χ4n) is 6.37. The van der Waals surface area contributed by atoms with Crippen LogP contribution in [0.5, 0.6) is 0 Å². The van der Waals surface area contributed by atoms with Gasteiger partial charge in [0.25, 0.3) is 11.8 Å². The number of carbonyl (C=O) groups is 2. The second-order valence-electron chi connectivity index (χ2n) is 11.7. The summed E-state index contributed by atoms with van der Waals surface area (Å²) in [5, 5.41) is 9.57. The lowest BCUT2D eigenvalue weighted by Crippen LogP contribution is -2.51. The quantitative estimate of drug-likeness (QED) is 0.307. The van der Waals surface area contributed by atoms with Crippen molar-refractivity contribution in [2.45, 2.75) is 32.0 Å². The Labute approximate surface area is 261 Å². The molecule has 2 saturated heterocycles. The molecule has 0 spiro atoms. The molecule has 3 aliphatic rings. The molecular formula is C35H35N5O5. The Bertz CT molecular complexity index is 1620. The van der Waals surface area contributed by atoms with Gasteiger partial charge in [0, 0.05) is 56.6 Å². The number of hydrogen-bond donors (Lipinski definition) is 1. The maximum absolute atomic E-state index is 13.0. The number of aliphatic hydroxyl groups is 1. The summed E-state index contributed by atoms with van der Waals surface area (Å²) in [7, 11) is 0. The summed E-state index contributed by atoms with van der Waals surface area (Å²) in [4.78, 5) is 40.7. The van der Waals surface area contributed by atoms with Crippen LogP contribution in [-0.2, 0) is 16.1 Å². The monoisotopic (exact) mass is 605 g/mol. The second kappa shape index (κ2) is 12.5. The van der Waals surface area contributed by atoms with E-state index in [2.05, 4.69) is 26.7 Å². The standard InChI is InChI=1S/C35H35N5O5/c1-23-30(21-38-17-19-39(20-18-38)35-36-15-4-16-37-35)44-34(45-31(23)25-9-7-24(22-41)8-10-25)26-11-13-27(14-12-26)40-32(42)28-5-2-3-6-29(28)33(40)43/h2-16,23,30-31,34,41H,17-22H2,1H3/t23-,30+,31+,34+/m1/s1. The van der Waals surface area contributed by atoms with E-state index in [1.54, 1.807) is 48.8 Å². The third kappa shape index (κ3) is 5.73. The fraction of sp³-hybridized carbons (Fsp3) is 0.314. The van der Waals surface area contributed by atoms with Gasteiger partial charge in [-0.15, -0.1) is 0 Å². The Morgan fingerprint density at radius 3 is 2.02 bits per heavy atom. The number of aliphatic hydroxyl groups excluding tert-OH is 1. The molecule has 4 atom stereocenters. The van der Waals surface area contributed by atoms with Crippen molar-refractivity contribution in [2.75, 3.05) is 42.5 Å². The Hall–Kier alpha value is -4.48. The molecule has 3 aliphatic heterocycles. The van der Waals surface area contributed by atoms with Gasteiger partial charge in [0.2, 0.25) is 5.95 Å². The fourth-order valence-corrected chi connectivity index (χ4v) is 6.37. The first kappa shape index (κ1) is 29.2. The summed E-state index contributed by atoms with van der Waals surface area (Å²) < 4.78 is 13.3. The first-order valence-electron chi connectivity index (χ1n) is 15.3. The van der Waals surface area contributed by atoms with Gasteiger partial charge in [-0.2, -0.15) is 0 Å². The Balaban J connectivity index is 1.10. The van der Waals surface area contributed by atoms with E-state index in [0.717, 1.165) is 55.4 Å². The van der Waals surface area contributed by atoms with Gasteiger partial charge < -0.3 is 19.5 Å². The molecule has 0 bridgehead atoms. The van der Waals surface area contributed by atoms with Crippen molar-refractivity contribution in [2.24, 2.45) is 5.92 Å². The molecule has 1 N–H and O–H groups in total. The lowest BCUT2D eigenvalue weighted by Gasteiger charge is -2.44. The van der Waals surface area contributed by atoms with Crippen LogP contribution >= 0.6 is 0 Å². The molecule has 10 heteroatoms. The van der Waals surface area contributed by atoms with Crippen molar-refractivity contribution in [1.29, 1.82) is 0 Å². The molecule has 3 aromatic carbocycles. The Morgan fingerprint density at radius 1 is 0.778 bits per heavy atom. The van der Waals surface area contributed by atoms with E-state index in [-0.39, 0.29) is 36.5 Å². The summed E-state index contributed by atoms with van der Waals surface area (Å²) >= 11 is 0. The minimum Gasteiger partial charge on any atom is -0.392 e. The number of amides is 2. The number of ether oxygens (including phenoxy) is 2. The van der Waals surface area contributed by atoms with E-state index in [4.69, 9.17) is 9.47 Å². The number of piperazine rings is 1. The van der Waals surface area contributed by atoms with Crippen LogP contribution < -0.4 is 9.80 Å². The number of nitrogens with zero attached hydrogens (tertiary/aromatic N) is 5. The number of imide groups is 1. The van der Waals surface area contributed by atoms with Crippen LogP contribution in [0.3, 0.4) is 0 Å². The van der Waals surface area contributed by atoms with Crippen LogP contribution in [0.1, 0.15) is 56.7 Å². The average Bonchev–Trinajstić information content (AvgIpc) is 3.35. The van der Waals surface area contributed by atoms with E-state index >= 15 is 0 Å². The molecular weight excluding hydrogens is 570 g/mol. The maximum atomic E-state index is 13.0. The molecule has 7 rings (SSSR count). The van der Waals surface area contributed by atoms with E-state index in [9.17, 15) is 14.7 Å². The normalized spacial score (nSPS) is 23.8. The highest BCUT2D eigenvalue weighted by Gasteiger charge is 2.40. The van der Waals surface area contributed by atoms with Crippen molar-refractivity contribution in [3.63, 3.8) is 0 Å². The van der Waals surface area contributed by atoms with Gasteiger partial charge in [0.15, 0.2) is 6.29 Å². The Kier molecular flexibility index (Phi) is 8.12. The van der Waals surface area contributed by atoms with Crippen molar-refractivity contribution in [1.82, 2.24) is 14.9 Å². The molecule has 10 nitrogen and oxygen atoms in total. The average molecular weight is 606 g/mol. The molecule has 4 aromatic rings. The molecule has 0 unspecified atom stereocenters. The lowest BCUT2D eigenvalue weighted by atomic mass is 9.90. The van der Waals surface area contributed by atoms with Gasteiger partial charge in [-0.3, -0.25) is 14.5 Å². The number of benzene rings is 3. The molecule has 0 aliphatic carbocycles. The summed E-state index contributed by atoms with van der Waals surface area (Å²) in [6, 6.07) is 23.8. The number of fused-ring (bicyclic) bond motifs is 1. The predicted octanol–water partition coefficient (Wildman–Crippen LogP) is 4.38. The number of rotatable bonds is 7. The summed E-state index contributed by atoms with van der Waals surface area (Å²) in [5.74, 6) is 0.152. The summed E-state index contributed by atoms with van der Waals surface area (Å²) in [6.07, 6.45) is 2.53. The zero-order valence-electron chi connectivity index (χ0n) is 25.0. The van der Waals surface area contributed by atoms with Crippen LogP contribution in [0, 0.1) is 5.92 Å². The zero-order valence-corrected chi connectivity index (χ0v) is 25.0. The van der Waals surface area contributed by atoms with Gasteiger partial charge in [0.05, 0.1) is 35.6 Å². The predicted molar refractivity (Wildman–Crippen MR) is 168 cm³/mol. The minimum atomic E-state index is -0.649. The van der Waals surface area contributed by atoms with E-state index in [0.29, 0.717) is 16.8 Å². The largest absolute Gasteiger partial charge is 0.392 e. The van der Waals surface area contributed by atoms with Crippen LogP contribution in [0.2, 0.25) is 0 Å². The molecule has 1 aromatic heterocycles. The lowest BCUT2D eigenvalue weighted by molar-refractivity contribution is -0.276. The highest BCUT2D eigenvalue weighted by molar-refractivity contribution is 6.34. The third-order valence-electron chi connectivity index (χ3n) is 8.99. The van der Waals surface area contributed by atoms with Crippen molar-refractivity contribution < 1.29 is 24.2 Å². The first-order chi connectivity index (χ1) is 22.0. The van der Waals surface area contributed by atoms with Crippen molar-refractivity contribution in [3.8, 4) is 0 Å². The van der Waals surface area contributed by atoms with E-state index in [1.165, 1.54) is 4.90 Å². The number of aromatic nitrogens is 2. The number of anilines is 2. The summed E-state index contributed by atoms with van der Waals surface area (Å²) in [6.45, 7) is 6.26. The van der Waals surface area contributed by atoms with Crippen LogP contribution in [0.25, 0.3) is 0 Å².